The van der Waals surface area contributed by atoms with Crippen LogP contribution in [0.2, 0.25) is 0 Å². The van der Waals surface area contributed by atoms with Crippen molar-refractivity contribution in [3.63, 3.8) is 0 Å². The summed E-state index contributed by atoms with van der Waals surface area (Å²) in [5, 5.41) is 12.0. The molecule has 0 heterocycles. The molecule has 20 heavy (non-hydrogen) atoms. The number of hydrogen-bond donors (Lipinski definition) is 2. The fraction of sp³-hybridized carbons (Fsp3) is 0.562. The Morgan fingerprint density at radius 2 is 2.20 bits per heavy atom. The Bertz CT molecular complexity index is 441. The van der Waals surface area contributed by atoms with E-state index in [4.69, 9.17) is 9.84 Å². The molecule has 2 N–H and O–H groups in total. The predicted molar refractivity (Wildman–Crippen MR) is 77.5 cm³/mol. The van der Waals surface area contributed by atoms with Gasteiger partial charge >= 0.3 is 0 Å². The number of aliphatic hydroxyl groups is 1. The SMILES string of the molecule is COCC(CCO)NC(=O)C1CCc2ccccc2C1. The normalized spacial score (nSPS) is 19.2. The molecule has 2 unspecified atom stereocenters. The second-order valence-electron chi connectivity index (χ2n) is 5.38. The van der Waals surface area contributed by atoms with Crippen LogP contribution in [0.1, 0.15) is 24.0 Å². The molecule has 2 rings (SSSR count). The largest absolute Gasteiger partial charge is 0.396 e. The molecule has 1 aliphatic rings. The van der Waals surface area contributed by atoms with E-state index in [0.29, 0.717) is 13.0 Å². The first-order chi connectivity index (χ1) is 9.74. The fourth-order valence-corrected chi connectivity index (χ4v) is 2.79. The van der Waals surface area contributed by atoms with Gasteiger partial charge in [-0.15, -0.1) is 0 Å². The average Bonchev–Trinajstić information content (AvgIpc) is 2.47. The van der Waals surface area contributed by atoms with Gasteiger partial charge in [0.25, 0.3) is 0 Å². The van der Waals surface area contributed by atoms with E-state index < -0.39 is 0 Å². The van der Waals surface area contributed by atoms with Gasteiger partial charge in [0.1, 0.15) is 0 Å². The van der Waals surface area contributed by atoms with Gasteiger partial charge in [0.15, 0.2) is 0 Å². The second kappa shape index (κ2) is 7.41. The molecular weight excluding hydrogens is 254 g/mol. The van der Waals surface area contributed by atoms with E-state index in [-0.39, 0.29) is 24.5 Å². The van der Waals surface area contributed by atoms with E-state index in [0.717, 1.165) is 19.3 Å². The zero-order chi connectivity index (χ0) is 14.4. The number of carbonyl (C=O) groups is 1. The summed E-state index contributed by atoms with van der Waals surface area (Å²) < 4.78 is 5.08. The lowest BCUT2D eigenvalue weighted by molar-refractivity contribution is -0.126. The molecule has 1 aromatic rings. The van der Waals surface area contributed by atoms with E-state index in [9.17, 15) is 4.79 Å². The molecule has 4 heteroatoms. The van der Waals surface area contributed by atoms with Gasteiger partial charge in [-0.1, -0.05) is 24.3 Å². The minimum absolute atomic E-state index is 0.0305. The maximum absolute atomic E-state index is 12.3. The molecule has 1 aliphatic carbocycles. The quantitative estimate of drug-likeness (QED) is 0.824. The molecule has 0 fully saturated rings. The Morgan fingerprint density at radius 3 is 2.90 bits per heavy atom. The zero-order valence-corrected chi connectivity index (χ0v) is 12.0. The third kappa shape index (κ3) is 3.81. The molecule has 1 aromatic carbocycles. The van der Waals surface area contributed by atoms with Crippen molar-refractivity contribution >= 4 is 5.91 Å². The van der Waals surface area contributed by atoms with Crippen molar-refractivity contribution in [2.45, 2.75) is 31.7 Å². The number of nitrogens with one attached hydrogen (secondary N) is 1. The van der Waals surface area contributed by atoms with Crippen molar-refractivity contribution in [3.8, 4) is 0 Å². The number of aliphatic hydroxyl groups excluding tert-OH is 1. The van der Waals surface area contributed by atoms with Crippen molar-refractivity contribution in [2.24, 2.45) is 5.92 Å². The highest BCUT2D eigenvalue weighted by Crippen LogP contribution is 2.25. The lowest BCUT2D eigenvalue weighted by Gasteiger charge is -2.26. The monoisotopic (exact) mass is 277 g/mol. The lowest BCUT2D eigenvalue weighted by atomic mass is 9.83. The molecule has 110 valence electrons. The number of carbonyl (C=O) groups excluding carboxylic acids is 1. The molecule has 2 atom stereocenters. The van der Waals surface area contributed by atoms with Gasteiger partial charge in [-0.25, -0.2) is 0 Å². The lowest BCUT2D eigenvalue weighted by Crippen LogP contribution is -2.43. The van der Waals surface area contributed by atoms with Crippen LogP contribution in [0.5, 0.6) is 0 Å². The Labute approximate surface area is 120 Å². The van der Waals surface area contributed by atoms with Gasteiger partial charge in [-0.05, 0) is 36.8 Å². The maximum atomic E-state index is 12.3. The van der Waals surface area contributed by atoms with Crippen LogP contribution in [0.4, 0.5) is 0 Å². The van der Waals surface area contributed by atoms with Gasteiger partial charge in [0.05, 0.1) is 12.6 Å². The zero-order valence-electron chi connectivity index (χ0n) is 12.0. The molecule has 0 aromatic heterocycles. The highest BCUT2D eigenvalue weighted by Gasteiger charge is 2.25. The third-order valence-electron chi connectivity index (χ3n) is 3.91. The molecule has 0 aliphatic heterocycles. The molecule has 0 saturated heterocycles. The molecule has 0 radical (unpaired) electrons. The van der Waals surface area contributed by atoms with Crippen molar-refractivity contribution < 1.29 is 14.6 Å². The summed E-state index contributed by atoms with van der Waals surface area (Å²) in [6.07, 6.45) is 3.19. The third-order valence-corrected chi connectivity index (χ3v) is 3.91. The first kappa shape index (κ1) is 15.0. The van der Waals surface area contributed by atoms with E-state index >= 15 is 0 Å². The molecular formula is C16H23NO3. The van der Waals surface area contributed by atoms with Crippen LogP contribution in [0.15, 0.2) is 24.3 Å². The van der Waals surface area contributed by atoms with Crippen molar-refractivity contribution in [3.05, 3.63) is 35.4 Å². The van der Waals surface area contributed by atoms with Crippen LogP contribution < -0.4 is 5.32 Å². The average molecular weight is 277 g/mol. The Hall–Kier alpha value is -1.39. The van der Waals surface area contributed by atoms with Crippen molar-refractivity contribution in [2.75, 3.05) is 20.3 Å². The number of methoxy groups -OCH3 is 1. The number of hydrogen-bond acceptors (Lipinski definition) is 3. The minimum Gasteiger partial charge on any atom is -0.396 e. The predicted octanol–water partition coefficient (Wildman–Crippen LogP) is 1.31. The number of ether oxygens (including phenoxy) is 1. The number of aryl methyl sites for hydroxylation is 1. The molecule has 0 spiro atoms. The van der Waals surface area contributed by atoms with Gasteiger partial charge in [-0.2, -0.15) is 0 Å². The smallest absolute Gasteiger partial charge is 0.223 e. The number of rotatable bonds is 6. The molecule has 0 saturated carbocycles. The summed E-state index contributed by atoms with van der Waals surface area (Å²) >= 11 is 0. The molecule has 4 nitrogen and oxygen atoms in total. The summed E-state index contributed by atoms with van der Waals surface area (Å²) in [5.74, 6) is 0.109. The van der Waals surface area contributed by atoms with Crippen molar-refractivity contribution in [1.29, 1.82) is 0 Å². The second-order valence-corrected chi connectivity index (χ2v) is 5.38. The van der Waals surface area contributed by atoms with E-state index in [1.54, 1.807) is 7.11 Å². The fourth-order valence-electron chi connectivity index (χ4n) is 2.79. The number of benzene rings is 1. The van der Waals surface area contributed by atoms with Crippen molar-refractivity contribution in [1.82, 2.24) is 5.32 Å². The number of fused-ring (bicyclic) bond motifs is 1. The highest BCUT2D eigenvalue weighted by molar-refractivity contribution is 5.79. The van der Waals surface area contributed by atoms with Crippen LogP contribution >= 0.6 is 0 Å². The van der Waals surface area contributed by atoms with Crippen LogP contribution in [0.3, 0.4) is 0 Å². The summed E-state index contributed by atoms with van der Waals surface area (Å²) in [7, 11) is 1.60. The van der Waals surface area contributed by atoms with E-state index in [2.05, 4.69) is 23.5 Å². The van der Waals surface area contributed by atoms with Gasteiger partial charge in [0.2, 0.25) is 5.91 Å². The van der Waals surface area contributed by atoms with Gasteiger partial charge in [0, 0.05) is 19.6 Å². The van der Waals surface area contributed by atoms with E-state index in [1.807, 2.05) is 6.07 Å². The highest BCUT2D eigenvalue weighted by atomic mass is 16.5. The first-order valence-corrected chi connectivity index (χ1v) is 7.21. The maximum Gasteiger partial charge on any atom is 0.223 e. The summed E-state index contributed by atoms with van der Waals surface area (Å²) in [6, 6.07) is 8.22. The number of amides is 1. The Kier molecular flexibility index (Phi) is 5.56. The minimum atomic E-state index is -0.102. The molecule has 1 amide bonds. The molecule has 0 bridgehead atoms. The summed E-state index contributed by atoms with van der Waals surface area (Å²) in [6.45, 7) is 0.497. The van der Waals surface area contributed by atoms with E-state index in [1.165, 1.54) is 11.1 Å². The van der Waals surface area contributed by atoms with Gasteiger partial charge in [-0.3, -0.25) is 4.79 Å². The van der Waals surface area contributed by atoms with Crippen LogP contribution in [0.25, 0.3) is 0 Å². The topological polar surface area (TPSA) is 58.6 Å². The standard InChI is InChI=1S/C16H23NO3/c1-20-11-15(8-9-18)17-16(19)14-7-6-12-4-2-3-5-13(12)10-14/h2-5,14-15,18H,6-11H2,1H3,(H,17,19). The Balaban J connectivity index is 1.93. The summed E-state index contributed by atoms with van der Waals surface area (Å²) in [5.41, 5.74) is 2.64. The van der Waals surface area contributed by atoms with Crippen LogP contribution in [-0.4, -0.2) is 37.4 Å². The van der Waals surface area contributed by atoms with Gasteiger partial charge < -0.3 is 15.2 Å². The van der Waals surface area contributed by atoms with Crippen LogP contribution in [-0.2, 0) is 22.4 Å². The summed E-state index contributed by atoms with van der Waals surface area (Å²) in [4.78, 5) is 12.3. The first-order valence-electron chi connectivity index (χ1n) is 7.21. The Morgan fingerprint density at radius 1 is 1.45 bits per heavy atom. The van der Waals surface area contributed by atoms with Crippen LogP contribution in [0, 0.1) is 5.92 Å².